The highest BCUT2D eigenvalue weighted by molar-refractivity contribution is 7.25. The van der Waals surface area contributed by atoms with E-state index < -0.39 is 0 Å². The molecule has 5 heterocycles. The second-order valence-corrected chi connectivity index (χ2v) is 18.1. The molecule has 0 aliphatic carbocycles. The molecule has 66 heavy (non-hydrogen) atoms. The van der Waals surface area contributed by atoms with Gasteiger partial charge < -0.3 is 13.4 Å². The van der Waals surface area contributed by atoms with Crippen molar-refractivity contribution >= 4 is 119 Å². The standard InChI is InChI=1S/C59H32N4O2S/c1-2-14-34-32-47-43(29-33(34)13-1)37-15-5-9-21-46(37)63(47)55-41-19-4-3-18-40(41)54(56-53(55)42-20-7-11-23-49(42)65-56)59-61-57(35-25-27-50-44(30-35)38-16-6-10-22-48(38)64-50)60-58(62-59)36-26-28-52-45(31-36)39-17-8-12-24-51(39)66-52/h1-32H. The van der Waals surface area contributed by atoms with E-state index in [1.807, 2.05) is 36.4 Å². The zero-order chi connectivity index (χ0) is 43.0. The molecule has 0 unspecified atom stereocenters. The molecule has 6 nitrogen and oxygen atoms in total. The van der Waals surface area contributed by atoms with E-state index in [0.717, 1.165) is 88.1 Å². The summed E-state index contributed by atoms with van der Waals surface area (Å²) < 4.78 is 18.3. The van der Waals surface area contributed by atoms with E-state index in [1.165, 1.54) is 41.7 Å². The Bertz CT molecular complexity index is 4420. The predicted octanol–water partition coefficient (Wildman–Crippen LogP) is 16.4. The van der Waals surface area contributed by atoms with Gasteiger partial charge in [-0.3, -0.25) is 0 Å². The summed E-state index contributed by atoms with van der Waals surface area (Å²) in [6.45, 7) is 0. The van der Waals surface area contributed by atoms with Crippen molar-refractivity contribution in [3.8, 4) is 39.9 Å². The lowest BCUT2D eigenvalue weighted by molar-refractivity contribution is 0.669. The van der Waals surface area contributed by atoms with Crippen LogP contribution in [-0.2, 0) is 0 Å². The van der Waals surface area contributed by atoms with Crippen molar-refractivity contribution in [3.05, 3.63) is 194 Å². The Morgan fingerprint density at radius 2 is 0.939 bits per heavy atom. The fourth-order valence-electron chi connectivity index (χ4n) is 10.4. The van der Waals surface area contributed by atoms with Crippen molar-refractivity contribution in [1.82, 2.24) is 19.5 Å². The van der Waals surface area contributed by atoms with Crippen LogP contribution in [0.3, 0.4) is 0 Å². The number of benzene rings is 10. The summed E-state index contributed by atoms with van der Waals surface area (Å²) in [5, 5.41) is 13.3. The summed E-state index contributed by atoms with van der Waals surface area (Å²) in [5.74, 6) is 1.67. The van der Waals surface area contributed by atoms with Crippen LogP contribution < -0.4 is 0 Å². The highest BCUT2D eigenvalue weighted by Crippen LogP contribution is 2.48. The van der Waals surface area contributed by atoms with Gasteiger partial charge in [0.1, 0.15) is 22.3 Å². The Morgan fingerprint density at radius 3 is 1.76 bits per heavy atom. The Hall–Kier alpha value is -8.65. The lowest BCUT2D eigenvalue weighted by atomic mass is 9.96. The van der Waals surface area contributed by atoms with Gasteiger partial charge in [0, 0.05) is 63.6 Å². The van der Waals surface area contributed by atoms with E-state index in [2.05, 4.69) is 162 Å². The van der Waals surface area contributed by atoms with E-state index in [-0.39, 0.29) is 0 Å². The van der Waals surface area contributed by atoms with E-state index in [4.69, 9.17) is 23.8 Å². The molecular formula is C59H32N4O2S. The molecule has 0 bridgehead atoms. The van der Waals surface area contributed by atoms with Gasteiger partial charge in [0.15, 0.2) is 17.5 Å². The normalized spacial score (nSPS) is 12.2. The zero-order valence-electron chi connectivity index (χ0n) is 35.0. The van der Waals surface area contributed by atoms with Crippen LogP contribution in [0, 0.1) is 0 Å². The molecule has 0 radical (unpaired) electrons. The first-order chi connectivity index (χ1) is 32.7. The third-order valence-corrected chi connectivity index (χ3v) is 14.6. The average molecular weight is 861 g/mol. The minimum absolute atomic E-state index is 0.530. The quantitative estimate of drug-likeness (QED) is 0.176. The van der Waals surface area contributed by atoms with Crippen molar-refractivity contribution < 1.29 is 8.83 Å². The van der Waals surface area contributed by atoms with E-state index in [1.54, 1.807) is 11.3 Å². The minimum Gasteiger partial charge on any atom is -0.456 e. The Morgan fingerprint density at radius 1 is 0.364 bits per heavy atom. The third kappa shape index (κ3) is 5.08. The van der Waals surface area contributed by atoms with Crippen molar-refractivity contribution in [2.45, 2.75) is 0 Å². The number of hydrogen-bond donors (Lipinski definition) is 0. The van der Waals surface area contributed by atoms with Crippen LogP contribution in [0.15, 0.2) is 203 Å². The van der Waals surface area contributed by atoms with Gasteiger partial charge in [0.05, 0.1) is 27.7 Å². The molecule has 0 aliphatic heterocycles. The van der Waals surface area contributed by atoms with Crippen molar-refractivity contribution in [1.29, 1.82) is 0 Å². The number of para-hydroxylation sites is 3. The fourth-order valence-corrected chi connectivity index (χ4v) is 11.5. The number of aromatic nitrogens is 4. The smallest absolute Gasteiger partial charge is 0.168 e. The molecule has 0 saturated carbocycles. The van der Waals surface area contributed by atoms with Crippen LogP contribution in [-0.4, -0.2) is 19.5 Å². The fraction of sp³-hybridized carbons (Fsp3) is 0. The van der Waals surface area contributed by atoms with E-state index in [9.17, 15) is 0 Å². The first-order valence-electron chi connectivity index (χ1n) is 22.1. The number of fused-ring (bicyclic) bond motifs is 14. The van der Waals surface area contributed by atoms with E-state index >= 15 is 0 Å². The highest BCUT2D eigenvalue weighted by atomic mass is 32.1. The Balaban J connectivity index is 1.07. The topological polar surface area (TPSA) is 69.9 Å². The summed E-state index contributed by atoms with van der Waals surface area (Å²) in [5.41, 5.74) is 9.05. The Labute approximate surface area is 379 Å². The molecule has 306 valence electrons. The van der Waals surface area contributed by atoms with Gasteiger partial charge in [-0.2, -0.15) is 0 Å². The van der Waals surface area contributed by atoms with Gasteiger partial charge in [-0.1, -0.05) is 121 Å². The minimum atomic E-state index is 0.530. The zero-order valence-corrected chi connectivity index (χ0v) is 35.8. The highest BCUT2D eigenvalue weighted by Gasteiger charge is 2.27. The molecule has 5 aromatic heterocycles. The van der Waals surface area contributed by atoms with Gasteiger partial charge in [0.25, 0.3) is 0 Å². The summed E-state index contributed by atoms with van der Waals surface area (Å²) >= 11 is 1.80. The average Bonchev–Trinajstić information content (AvgIpc) is 4.13. The molecule has 0 spiro atoms. The van der Waals surface area contributed by atoms with Crippen LogP contribution in [0.4, 0.5) is 0 Å². The molecule has 15 aromatic rings. The lowest BCUT2D eigenvalue weighted by Crippen LogP contribution is -2.02. The van der Waals surface area contributed by atoms with Gasteiger partial charge in [-0.15, -0.1) is 11.3 Å². The van der Waals surface area contributed by atoms with Crippen LogP contribution in [0.5, 0.6) is 0 Å². The molecule has 0 N–H and O–H groups in total. The predicted molar refractivity (Wildman–Crippen MR) is 273 cm³/mol. The molecular weight excluding hydrogens is 829 g/mol. The van der Waals surface area contributed by atoms with Crippen LogP contribution in [0.1, 0.15) is 0 Å². The first-order valence-corrected chi connectivity index (χ1v) is 22.9. The monoisotopic (exact) mass is 860 g/mol. The van der Waals surface area contributed by atoms with Crippen LogP contribution in [0.2, 0.25) is 0 Å². The molecule has 0 aliphatic rings. The summed E-state index contributed by atoms with van der Waals surface area (Å²) in [6.07, 6.45) is 0. The van der Waals surface area contributed by atoms with Crippen molar-refractivity contribution in [2.24, 2.45) is 0 Å². The number of furan rings is 2. The number of rotatable bonds is 4. The molecule has 7 heteroatoms. The lowest BCUT2D eigenvalue weighted by Gasteiger charge is -2.17. The number of hydrogen-bond acceptors (Lipinski definition) is 6. The van der Waals surface area contributed by atoms with Crippen molar-refractivity contribution in [2.75, 3.05) is 0 Å². The maximum atomic E-state index is 7.14. The molecule has 15 rings (SSSR count). The second kappa shape index (κ2) is 13.4. The summed E-state index contributed by atoms with van der Waals surface area (Å²) in [6, 6.07) is 68.5. The largest absolute Gasteiger partial charge is 0.456 e. The summed E-state index contributed by atoms with van der Waals surface area (Å²) in [4.78, 5) is 16.2. The van der Waals surface area contributed by atoms with Crippen LogP contribution >= 0.6 is 11.3 Å². The molecule has 0 atom stereocenters. The SMILES string of the molecule is c1ccc2cc3c(cc2c1)c1ccccc1n3-c1c2ccccc2c(-c2nc(-c3ccc4oc5ccccc5c4c3)nc(-c3ccc4sc5ccccc5c4c3)n2)c2oc3ccccc3c12. The van der Waals surface area contributed by atoms with Gasteiger partial charge in [-0.25, -0.2) is 15.0 Å². The Kier molecular flexibility index (Phi) is 7.28. The number of thiophene rings is 1. The molecule has 0 amide bonds. The molecule has 10 aromatic carbocycles. The first kappa shape index (κ1) is 35.8. The second-order valence-electron chi connectivity index (χ2n) is 17.1. The maximum absolute atomic E-state index is 7.14. The third-order valence-electron chi connectivity index (χ3n) is 13.4. The number of nitrogens with zero attached hydrogens (tertiary/aromatic N) is 4. The summed E-state index contributed by atoms with van der Waals surface area (Å²) in [7, 11) is 0. The van der Waals surface area contributed by atoms with E-state index in [0.29, 0.717) is 17.5 Å². The van der Waals surface area contributed by atoms with Gasteiger partial charge in [0.2, 0.25) is 0 Å². The van der Waals surface area contributed by atoms with Gasteiger partial charge in [-0.05, 0) is 89.0 Å². The van der Waals surface area contributed by atoms with Crippen LogP contribution in [0.25, 0.3) is 147 Å². The van der Waals surface area contributed by atoms with Crippen molar-refractivity contribution in [3.63, 3.8) is 0 Å². The maximum Gasteiger partial charge on any atom is 0.168 e. The molecule has 0 saturated heterocycles. The molecule has 0 fully saturated rings. The van der Waals surface area contributed by atoms with Gasteiger partial charge >= 0.3 is 0 Å².